The van der Waals surface area contributed by atoms with Gasteiger partial charge in [0.25, 0.3) is 17.0 Å². The number of aromatic amines is 1. The van der Waals surface area contributed by atoms with Crippen LogP contribution < -0.4 is 21.8 Å². The van der Waals surface area contributed by atoms with Gasteiger partial charge in [0.15, 0.2) is 6.04 Å². The van der Waals surface area contributed by atoms with Gasteiger partial charge in [0.2, 0.25) is 0 Å². The lowest BCUT2D eigenvalue weighted by Gasteiger charge is -2.23. The molecule has 1 amide bonds. The Morgan fingerprint density at radius 3 is 2.44 bits per heavy atom. The number of anilines is 3. The molecule has 3 rings (SSSR count). The summed E-state index contributed by atoms with van der Waals surface area (Å²) in [5.41, 5.74) is -1.39. The number of aromatic nitrogens is 2. The quantitative estimate of drug-likeness (QED) is 0.459. The van der Waals surface area contributed by atoms with E-state index in [9.17, 15) is 27.6 Å². The summed E-state index contributed by atoms with van der Waals surface area (Å²) in [5, 5.41) is 8.84. The van der Waals surface area contributed by atoms with Crippen molar-refractivity contribution in [1.29, 1.82) is 0 Å². The van der Waals surface area contributed by atoms with Crippen molar-refractivity contribution < 1.29 is 18.0 Å². The van der Waals surface area contributed by atoms with Crippen molar-refractivity contribution in [3.05, 3.63) is 72.4 Å². The molecule has 3 N–H and O–H groups in total. The van der Waals surface area contributed by atoms with Crippen molar-refractivity contribution in [1.82, 2.24) is 14.7 Å². The molecule has 1 atom stereocenters. The third-order valence-corrected chi connectivity index (χ3v) is 6.10. The number of hydrogen-bond donors (Lipinski definition) is 3. The molecule has 2 aromatic heterocycles. The highest BCUT2D eigenvalue weighted by Gasteiger charge is 2.42. The number of rotatable bonds is 7. The maximum absolute atomic E-state index is 13.9. The topological polar surface area (TPSA) is 99.2 Å². The molecule has 2 heterocycles. The first kappa shape index (κ1) is 25.1. The van der Waals surface area contributed by atoms with Gasteiger partial charge in [-0.3, -0.25) is 19.5 Å². The number of carbonyl (C=O) groups is 1. The number of carbonyl (C=O) groups excluding carboxylic acids is 1. The zero-order valence-electron chi connectivity index (χ0n) is 18.9. The van der Waals surface area contributed by atoms with Crippen LogP contribution in [0.2, 0.25) is 0 Å². The van der Waals surface area contributed by atoms with Gasteiger partial charge in [0.1, 0.15) is 11.4 Å². The molecule has 8 nitrogen and oxygen atoms in total. The van der Waals surface area contributed by atoms with E-state index in [1.165, 1.54) is 22.4 Å². The summed E-state index contributed by atoms with van der Waals surface area (Å²) in [6.45, 7) is 3.34. The number of amides is 1. The number of nitrogens with zero attached hydrogens (tertiary/aromatic N) is 2. The number of alkyl halides is 3. The fourth-order valence-electron chi connectivity index (χ4n) is 3.35. The van der Waals surface area contributed by atoms with Gasteiger partial charge in [-0.2, -0.15) is 13.2 Å². The Morgan fingerprint density at radius 1 is 1.18 bits per heavy atom. The Bertz CT molecular complexity index is 1300. The lowest BCUT2D eigenvalue weighted by molar-refractivity contribution is -0.143. The standard InChI is InChI=1S/C22H24F3N5O3S/c1-5-30-21(33)17(26-14-9-6-8-13(12(14)2)20(32)29(3)4)16(19(31)28-30)27-18(22(23,24)25)15-10-7-11-34-15/h6-11,18,26-27H,5H2,1-4H3,(H,28,31). The smallest absolute Gasteiger partial charge is 0.363 e. The summed E-state index contributed by atoms with van der Waals surface area (Å²) in [6.07, 6.45) is -4.73. The molecule has 12 heteroatoms. The van der Waals surface area contributed by atoms with Crippen molar-refractivity contribution in [2.75, 3.05) is 24.7 Å². The van der Waals surface area contributed by atoms with Crippen LogP contribution in [0.4, 0.5) is 30.2 Å². The molecule has 1 unspecified atom stereocenters. The van der Waals surface area contributed by atoms with E-state index in [2.05, 4.69) is 15.7 Å². The van der Waals surface area contributed by atoms with Crippen molar-refractivity contribution in [2.45, 2.75) is 32.6 Å². The van der Waals surface area contributed by atoms with Crippen LogP contribution in [0.15, 0.2) is 45.3 Å². The maximum Gasteiger partial charge on any atom is 0.413 e. The fourth-order valence-corrected chi connectivity index (χ4v) is 4.15. The van der Waals surface area contributed by atoms with Crippen LogP contribution in [0.1, 0.15) is 33.8 Å². The highest BCUT2D eigenvalue weighted by atomic mass is 32.1. The van der Waals surface area contributed by atoms with E-state index in [0.717, 1.165) is 16.0 Å². The second-order valence-corrected chi connectivity index (χ2v) is 8.66. The molecule has 0 saturated carbocycles. The second kappa shape index (κ2) is 9.75. The molecule has 0 fully saturated rings. The summed E-state index contributed by atoms with van der Waals surface area (Å²) in [5.74, 6) is -0.286. The fraction of sp³-hybridized carbons (Fsp3) is 0.318. The van der Waals surface area contributed by atoms with E-state index in [1.807, 2.05) is 0 Å². The Morgan fingerprint density at radius 2 is 1.88 bits per heavy atom. The Labute approximate surface area is 197 Å². The van der Waals surface area contributed by atoms with Crippen molar-refractivity contribution in [3.8, 4) is 0 Å². The van der Waals surface area contributed by atoms with Crippen LogP contribution in [-0.2, 0) is 6.54 Å². The molecule has 3 aromatic rings. The number of hydrogen-bond acceptors (Lipinski definition) is 6. The average molecular weight is 496 g/mol. The molecular weight excluding hydrogens is 471 g/mol. The molecule has 0 spiro atoms. The zero-order chi connectivity index (χ0) is 25.2. The van der Waals surface area contributed by atoms with E-state index >= 15 is 0 Å². The third-order valence-electron chi connectivity index (χ3n) is 5.16. The molecule has 182 valence electrons. The minimum atomic E-state index is -4.73. The first-order valence-electron chi connectivity index (χ1n) is 10.3. The minimum Gasteiger partial charge on any atom is -0.363 e. The number of nitrogens with one attached hydrogen (secondary N) is 3. The highest BCUT2D eigenvalue weighted by Crippen LogP contribution is 2.38. The van der Waals surface area contributed by atoms with Gasteiger partial charge in [-0.05, 0) is 43.0 Å². The Hall–Kier alpha value is -3.54. The Balaban J connectivity index is 2.16. The van der Waals surface area contributed by atoms with Crippen LogP contribution in [0.5, 0.6) is 0 Å². The lowest BCUT2D eigenvalue weighted by atomic mass is 10.1. The maximum atomic E-state index is 13.9. The van der Waals surface area contributed by atoms with Crippen molar-refractivity contribution >= 4 is 34.3 Å². The van der Waals surface area contributed by atoms with E-state index in [-0.39, 0.29) is 23.0 Å². The van der Waals surface area contributed by atoms with Crippen LogP contribution in [0, 0.1) is 6.92 Å². The second-order valence-electron chi connectivity index (χ2n) is 7.68. The normalized spacial score (nSPS) is 12.3. The van der Waals surface area contributed by atoms with E-state index in [0.29, 0.717) is 16.8 Å². The number of benzene rings is 1. The van der Waals surface area contributed by atoms with Gasteiger partial charge >= 0.3 is 6.18 Å². The van der Waals surface area contributed by atoms with Gasteiger partial charge in [0.05, 0.1) is 0 Å². The summed E-state index contributed by atoms with van der Waals surface area (Å²) in [4.78, 5) is 39.7. The number of H-pyrrole nitrogens is 1. The van der Waals surface area contributed by atoms with Gasteiger partial charge in [-0.1, -0.05) is 12.1 Å². The lowest BCUT2D eigenvalue weighted by Crippen LogP contribution is -2.36. The third kappa shape index (κ3) is 5.01. The first-order valence-corrected chi connectivity index (χ1v) is 11.2. The highest BCUT2D eigenvalue weighted by molar-refractivity contribution is 7.10. The first-order chi connectivity index (χ1) is 16.0. The molecular formula is C22H24F3N5O3S. The van der Waals surface area contributed by atoms with Gasteiger partial charge in [0, 0.05) is 36.8 Å². The molecule has 0 aliphatic carbocycles. The average Bonchev–Trinajstić information content (AvgIpc) is 3.29. The minimum absolute atomic E-state index is 0.0627. The van der Waals surface area contributed by atoms with Crippen LogP contribution in [0.3, 0.4) is 0 Å². The molecule has 1 aromatic carbocycles. The van der Waals surface area contributed by atoms with E-state index < -0.39 is 29.0 Å². The molecule has 0 aliphatic heterocycles. The van der Waals surface area contributed by atoms with E-state index in [4.69, 9.17) is 0 Å². The molecule has 0 radical (unpaired) electrons. The van der Waals surface area contributed by atoms with Gasteiger partial charge < -0.3 is 15.5 Å². The summed E-state index contributed by atoms with van der Waals surface area (Å²) < 4.78 is 42.6. The monoisotopic (exact) mass is 495 g/mol. The van der Waals surface area contributed by atoms with Crippen LogP contribution >= 0.6 is 11.3 Å². The Kier molecular flexibility index (Phi) is 7.20. The SMILES string of the molecule is CCn1[nH]c(=O)c(NC(c2cccs2)C(F)(F)F)c(Nc2cccc(C(=O)N(C)C)c2C)c1=O. The van der Waals surface area contributed by atoms with Gasteiger partial charge in [-0.15, -0.1) is 11.3 Å². The van der Waals surface area contributed by atoms with E-state index in [1.54, 1.807) is 46.1 Å². The van der Waals surface area contributed by atoms with Crippen LogP contribution in [-0.4, -0.2) is 40.9 Å². The largest absolute Gasteiger partial charge is 0.413 e. The summed E-state index contributed by atoms with van der Waals surface area (Å²) >= 11 is 0.874. The summed E-state index contributed by atoms with van der Waals surface area (Å²) in [7, 11) is 3.17. The van der Waals surface area contributed by atoms with Crippen molar-refractivity contribution in [3.63, 3.8) is 0 Å². The van der Waals surface area contributed by atoms with Gasteiger partial charge in [-0.25, -0.2) is 4.68 Å². The predicted octanol–water partition coefficient (Wildman–Crippen LogP) is 4.09. The van der Waals surface area contributed by atoms with Crippen molar-refractivity contribution in [2.24, 2.45) is 0 Å². The number of aryl methyl sites for hydroxylation is 1. The predicted molar refractivity (Wildman–Crippen MR) is 126 cm³/mol. The zero-order valence-corrected chi connectivity index (χ0v) is 19.7. The number of thiophene rings is 1. The molecule has 34 heavy (non-hydrogen) atoms. The summed E-state index contributed by atoms with van der Waals surface area (Å²) in [6, 6.07) is 5.31. The molecule has 0 saturated heterocycles. The molecule has 0 aliphatic rings. The number of halogens is 3. The van der Waals surface area contributed by atoms with Crippen LogP contribution in [0.25, 0.3) is 0 Å². The molecule has 0 bridgehead atoms.